The summed E-state index contributed by atoms with van der Waals surface area (Å²) in [5.41, 5.74) is 0. The second-order valence-electron chi connectivity index (χ2n) is 3.82. The Morgan fingerprint density at radius 2 is 0.625 bits per heavy atom. The van der Waals surface area contributed by atoms with Crippen molar-refractivity contribution in [3.05, 3.63) is 0 Å². The molecule has 2 saturated carbocycles. The lowest BCUT2D eigenvalue weighted by molar-refractivity contribution is 0.405. The van der Waals surface area contributed by atoms with E-state index in [-0.39, 0.29) is 12.3 Å². The van der Waals surface area contributed by atoms with Gasteiger partial charge in [-0.05, 0) is 0 Å². The lowest BCUT2D eigenvalue weighted by Crippen LogP contribution is -1.85. The molecule has 5 nitrogen and oxygen atoms in total. The van der Waals surface area contributed by atoms with E-state index in [0.717, 1.165) is 0 Å². The second-order valence-corrected chi connectivity index (χ2v) is 4.38. The molecule has 2 rings (SSSR count). The Morgan fingerprint density at radius 1 is 0.562 bits per heavy atom. The molecule has 0 aromatic rings. The summed E-state index contributed by atoms with van der Waals surface area (Å²) in [7, 11) is -3.13. The molecule has 0 aromatic carbocycles. The lowest BCUT2D eigenvalue weighted by Gasteiger charge is -2.05. The largest absolute Gasteiger partial charge is 0.344 e. The fraction of sp³-hybridized carbons (Fsp3) is 1.00. The highest BCUT2D eigenvalue weighted by Crippen LogP contribution is 2.15. The fourth-order valence-electron chi connectivity index (χ4n) is 1.31. The molecule has 2 aliphatic rings. The molecule has 0 aromatic heterocycles. The van der Waals surface area contributed by atoms with Crippen LogP contribution >= 0.6 is 8.25 Å². The number of rotatable bonds is 0. The number of hydrogen-bond acceptors (Lipinski definition) is 3. The van der Waals surface area contributed by atoms with Gasteiger partial charge in [0.25, 0.3) is 0 Å². The van der Waals surface area contributed by atoms with Crippen molar-refractivity contribution in [1.29, 1.82) is 0 Å². The van der Waals surface area contributed by atoms with Gasteiger partial charge < -0.3 is 22.1 Å². The first-order valence-electron chi connectivity index (χ1n) is 5.65. The van der Waals surface area contributed by atoms with Crippen molar-refractivity contribution in [2.24, 2.45) is 0 Å². The van der Waals surface area contributed by atoms with E-state index in [1.165, 1.54) is 64.2 Å². The molecule has 0 radical (unpaired) electrons. The van der Waals surface area contributed by atoms with E-state index in [0.29, 0.717) is 0 Å². The zero-order valence-corrected chi connectivity index (χ0v) is 11.3. The van der Waals surface area contributed by atoms with Gasteiger partial charge in [-0.3, -0.25) is 4.57 Å². The van der Waals surface area contributed by atoms with Crippen LogP contribution in [0, 0.1) is 0 Å². The van der Waals surface area contributed by atoms with Crippen molar-refractivity contribution in [2.75, 3.05) is 0 Å². The van der Waals surface area contributed by atoms with E-state index in [2.05, 4.69) is 0 Å². The van der Waals surface area contributed by atoms with E-state index in [4.69, 9.17) is 14.4 Å². The van der Waals surface area contributed by atoms with Crippen LogP contribution in [-0.4, -0.2) is 9.79 Å². The van der Waals surface area contributed by atoms with Gasteiger partial charge in [-0.15, -0.1) is 0 Å². The second kappa shape index (κ2) is 17.5. The van der Waals surface area contributed by atoms with Crippen LogP contribution in [0.2, 0.25) is 0 Å². The van der Waals surface area contributed by atoms with Crippen molar-refractivity contribution in [2.45, 2.75) is 64.2 Å². The summed E-state index contributed by atoms with van der Waals surface area (Å²) in [5, 5.41) is 0. The van der Waals surface area contributed by atoms with Crippen LogP contribution in [0.4, 0.5) is 0 Å². The van der Waals surface area contributed by atoms with Crippen molar-refractivity contribution in [3.63, 3.8) is 0 Å². The SMILES string of the molecule is C1CCC1.C1CCCCC1.N.N.O=[PH](O)O. The number of hydrogen-bond donors (Lipinski definition) is 4. The lowest BCUT2D eigenvalue weighted by atomic mass is 10.0. The van der Waals surface area contributed by atoms with E-state index in [1.807, 2.05) is 0 Å². The van der Waals surface area contributed by atoms with Gasteiger partial charge in [0, 0.05) is 0 Å². The highest BCUT2D eigenvalue weighted by Gasteiger charge is 1.95. The average molecular weight is 256 g/mol. The Bertz CT molecular complexity index is 121. The van der Waals surface area contributed by atoms with Crippen molar-refractivity contribution in [3.8, 4) is 0 Å². The first kappa shape index (κ1) is 21.4. The first-order chi connectivity index (χ1) is 6.73. The molecule has 2 aliphatic carbocycles. The van der Waals surface area contributed by atoms with Gasteiger partial charge >= 0.3 is 8.25 Å². The van der Waals surface area contributed by atoms with E-state index >= 15 is 0 Å². The van der Waals surface area contributed by atoms with Crippen molar-refractivity contribution < 1.29 is 14.4 Å². The summed E-state index contributed by atoms with van der Waals surface area (Å²) in [4.78, 5) is 14.3. The third-order valence-electron chi connectivity index (χ3n) is 2.50. The maximum atomic E-state index is 8.74. The van der Waals surface area contributed by atoms with Crippen molar-refractivity contribution in [1.82, 2.24) is 12.3 Å². The fourth-order valence-corrected chi connectivity index (χ4v) is 1.31. The van der Waals surface area contributed by atoms with Crippen LogP contribution in [0.3, 0.4) is 0 Å². The molecule has 0 spiro atoms. The minimum absolute atomic E-state index is 0. The maximum Gasteiger partial charge on any atom is 0.314 e. The highest BCUT2D eigenvalue weighted by molar-refractivity contribution is 7.30. The van der Waals surface area contributed by atoms with Gasteiger partial charge in [-0.2, -0.15) is 0 Å². The molecule has 102 valence electrons. The van der Waals surface area contributed by atoms with E-state index in [9.17, 15) is 0 Å². The van der Waals surface area contributed by atoms with Crippen LogP contribution in [0.5, 0.6) is 0 Å². The third-order valence-corrected chi connectivity index (χ3v) is 2.50. The standard InChI is InChI=1S/C6H12.C4H8.2H3N.H3O3P/c1-2-4-6-5-3-1;1-2-4-3-1;;;1-4(2)3/h1-6H2;1-4H2;2*1H3;4H,(H2,1,2,3). The summed E-state index contributed by atoms with van der Waals surface area (Å²) in [6, 6.07) is 0. The molecule has 6 heteroatoms. The van der Waals surface area contributed by atoms with Crippen LogP contribution in [0.15, 0.2) is 0 Å². The zero-order valence-electron chi connectivity index (χ0n) is 10.3. The predicted molar refractivity (Wildman–Crippen MR) is 69.7 cm³/mol. The van der Waals surface area contributed by atoms with Crippen molar-refractivity contribution >= 4 is 8.25 Å². The molecule has 2 fully saturated rings. The van der Waals surface area contributed by atoms with Gasteiger partial charge in [0.2, 0.25) is 0 Å². The van der Waals surface area contributed by atoms with E-state index in [1.54, 1.807) is 0 Å². The smallest absolute Gasteiger partial charge is 0.314 e. The Kier molecular flexibility index (Phi) is 23.3. The Labute approximate surface area is 99.8 Å². The summed E-state index contributed by atoms with van der Waals surface area (Å²) in [6.07, 6.45) is 15.0. The molecule has 0 unspecified atom stereocenters. The molecule has 0 atom stereocenters. The molecule has 8 N–H and O–H groups in total. The molecule has 0 aliphatic heterocycles. The summed E-state index contributed by atoms with van der Waals surface area (Å²) in [5.74, 6) is 0. The third kappa shape index (κ3) is 23.7. The Balaban J connectivity index is -0.000000154. The molecular formula is C10H29N2O3P. The monoisotopic (exact) mass is 256 g/mol. The predicted octanol–water partition coefficient (Wildman–Crippen LogP) is 3.59. The average Bonchev–Trinajstić information content (AvgIpc) is 2.03. The quantitative estimate of drug-likeness (QED) is 0.492. The van der Waals surface area contributed by atoms with Gasteiger partial charge in [-0.25, -0.2) is 0 Å². The van der Waals surface area contributed by atoms with Crippen LogP contribution < -0.4 is 12.3 Å². The van der Waals surface area contributed by atoms with Gasteiger partial charge in [0.15, 0.2) is 0 Å². The maximum absolute atomic E-state index is 8.74. The summed E-state index contributed by atoms with van der Waals surface area (Å²) < 4.78 is 8.74. The first-order valence-corrected chi connectivity index (χ1v) is 6.95. The molecule has 0 bridgehead atoms. The minimum atomic E-state index is -3.13. The highest BCUT2D eigenvalue weighted by atomic mass is 31.1. The van der Waals surface area contributed by atoms with E-state index < -0.39 is 8.25 Å². The van der Waals surface area contributed by atoms with Gasteiger partial charge in [0.1, 0.15) is 0 Å². The minimum Gasteiger partial charge on any atom is -0.344 e. The molecule has 0 amide bonds. The zero-order chi connectivity index (χ0) is 10.6. The summed E-state index contributed by atoms with van der Waals surface area (Å²) in [6.45, 7) is 0. The van der Waals surface area contributed by atoms with Crippen LogP contribution in [-0.2, 0) is 4.57 Å². The Hall–Kier alpha value is 0.0700. The van der Waals surface area contributed by atoms with Crippen LogP contribution in [0.25, 0.3) is 0 Å². The molecule has 0 heterocycles. The normalized spacial score (nSPS) is 17.2. The summed E-state index contributed by atoms with van der Waals surface area (Å²) >= 11 is 0. The topological polar surface area (TPSA) is 128 Å². The molecular weight excluding hydrogens is 227 g/mol. The molecule has 0 saturated heterocycles. The van der Waals surface area contributed by atoms with Gasteiger partial charge in [0.05, 0.1) is 0 Å². The Morgan fingerprint density at radius 3 is 0.688 bits per heavy atom. The molecule has 16 heavy (non-hydrogen) atoms. The van der Waals surface area contributed by atoms with Crippen LogP contribution in [0.1, 0.15) is 64.2 Å². The van der Waals surface area contributed by atoms with Gasteiger partial charge in [-0.1, -0.05) is 64.2 Å².